The van der Waals surface area contributed by atoms with Crippen LogP contribution in [0.5, 0.6) is 0 Å². The topological polar surface area (TPSA) is 38.7 Å². The van der Waals surface area contributed by atoms with Crippen LogP contribution in [0.15, 0.2) is 78.9 Å². The molecule has 26 heavy (non-hydrogen) atoms. The van der Waals surface area contributed by atoms with Gasteiger partial charge < -0.3 is 0 Å². The Bertz CT molecular complexity index is 1000. The lowest BCUT2D eigenvalue weighted by molar-refractivity contribution is 0.628. The molecule has 1 aromatic heterocycles. The zero-order valence-corrected chi connectivity index (χ0v) is 13.6. The summed E-state index contributed by atoms with van der Waals surface area (Å²) in [5.41, 5.74) is 1.22. The second-order valence-corrected chi connectivity index (χ2v) is 5.63. The van der Waals surface area contributed by atoms with Gasteiger partial charge in [0.05, 0.1) is 11.1 Å². The lowest BCUT2D eigenvalue weighted by atomic mass is 10.1. The van der Waals surface area contributed by atoms with Crippen LogP contribution in [0.2, 0.25) is 0 Å². The number of hydrogen-bond donors (Lipinski definition) is 0. The smallest absolute Gasteiger partial charge is 0.167 e. The highest BCUT2D eigenvalue weighted by Gasteiger charge is 2.16. The maximum Gasteiger partial charge on any atom is 0.167 e. The molecule has 0 aliphatic carbocycles. The van der Waals surface area contributed by atoms with Gasteiger partial charge in [-0.15, -0.1) is 0 Å². The molecule has 0 saturated carbocycles. The van der Waals surface area contributed by atoms with Crippen LogP contribution in [0.4, 0.5) is 8.78 Å². The third-order valence-electron chi connectivity index (χ3n) is 3.90. The summed E-state index contributed by atoms with van der Waals surface area (Å²) in [5.74, 6) is -0.211. The summed E-state index contributed by atoms with van der Waals surface area (Å²) in [6.45, 7) is 0. The minimum absolute atomic E-state index is 0.162. The van der Waals surface area contributed by atoms with E-state index in [2.05, 4.69) is 15.0 Å². The monoisotopic (exact) mass is 345 g/mol. The first kappa shape index (κ1) is 16.0. The van der Waals surface area contributed by atoms with Crippen LogP contribution in [0.3, 0.4) is 0 Å². The molecular weight excluding hydrogens is 332 g/mol. The van der Waals surface area contributed by atoms with Gasteiger partial charge in [0.25, 0.3) is 0 Å². The van der Waals surface area contributed by atoms with Crippen molar-refractivity contribution in [3.8, 4) is 34.2 Å². The normalized spacial score (nSPS) is 10.7. The van der Waals surface area contributed by atoms with Crippen LogP contribution in [0, 0.1) is 11.6 Å². The molecule has 3 nitrogen and oxygen atoms in total. The second-order valence-electron chi connectivity index (χ2n) is 5.63. The molecule has 5 heteroatoms. The fourth-order valence-electron chi connectivity index (χ4n) is 2.62. The second kappa shape index (κ2) is 6.80. The predicted molar refractivity (Wildman–Crippen MR) is 96.1 cm³/mol. The Labute approximate surface area is 149 Å². The van der Waals surface area contributed by atoms with E-state index in [0.29, 0.717) is 5.82 Å². The molecule has 0 amide bonds. The zero-order chi connectivity index (χ0) is 17.9. The summed E-state index contributed by atoms with van der Waals surface area (Å²) < 4.78 is 28.5. The van der Waals surface area contributed by atoms with Gasteiger partial charge in [-0.05, 0) is 24.3 Å². The highest BCUT2D eigenvalue weighted by Crippen LogP contribution is 2.26. The summed E-state index contributed by atoms with van der Waals surface area (Å²) in [6.07, 6.45) is 0. The van der Waals surface area contributed by atoms with E-state index in [1.165, 1.54) is 12.1 Å². The summed E-state index contributed by atoms with van der Waals surface area (Å²) in [7, 11) is 0. The first-order valence-electron chi connectivity index (χ1n) is 8.03. The molecule has 0 atom stereocenters. The molecule has 0 unspecified atom stereocenters. The van der Waals surface area contributed by atoms with Gasteiger partial charge in [0.1, 0.15) is 11.6 Å². The van der Waals surface area contributed by atoms with Gasteiger partial charge in [0.2, 0.25) is 0 Å². The van der Waals surface area contributed by atoms with E-state index in [1.54, 1.807) is 36.4 Å². The number of rotatable bonds is 3. The van der Waals surface area contributed by atoms with Crippen molar-refractivity contribution in [2.75, 3.05) is 0 Å². The van der Waals surface area contributed by atoms with E-state index in [4.69, 9.17) is 0 Å². The number of aromatic nitrogens is 3. The highest BCUT2D eigenvalue weighted by atomic mass is 19.1. The van der Waals surface area contributed by atoms with Crippen LogP contribution in [-0.4, -0.2) is 15.0 Å². The number of hydrogen-bond acceptors (Lipinski definition) is 3. The van der Waals surface area contributed by atoms with Crippen molar-refractivity contribution in [3.05, 3.63) is 90.5 Å². The molecule has 0 fully saturated rings. The quantitative estimate of drug-likeness (QED) is 0.515. The molecule has 0 aliphatic heterocycles. The lowest BCUT2D eigenvalue weighted by Gasteiger charge is -2.09. The van der Waals surface area contributed by atoms with E-state index in [9.17, 15) is 8.78 Å². The predicted octanol–water partition coefficient (Wildman–Crippen LogP) is 5.15. The summed E-state index contributed by atoms with van der Waals surface area (Å²) in [6, 6.07) is 21.7. The minimum Gasteiger partial charge on any atom is -0.208 e. The average molecular weight is 345 g/mol. The molecule has 0 saturated heterocycles. The molecule has 0 spiro atoms. The molecule has 0 radical (unpaired) electrons. The number of nitrogens with zero attached hydrogens (tertiary/aromatic N) is 3. The average Bonchev–Trinajstić information content (AvgIpc) is 2.69. The Morgan fingerprint density at radius 3 is 1.38 bits per heavy atom. The van der Waals surface area contributed by atoms with Crippen molar-refractivity contribution in [1.82, 2.24) is 15.0 Å². The Hall–Kier alpha value is -3.47. The van der Waals surface area contributed by atoms with Gasteiger partial charge in [-0.3, -0.25) is 0 Å². The van der Waals surface area contributed by atoms with Crippen molar-refractivity contribution in [3.63, 3.8) is 0 Å². The Kier molecular flexibility index (Phi) is 4.19. The molecule has 126 valence electrons. The zero-order valence-electron chi connectivity index (χ0n) is 13.6. The highest BCUT2D eigenvalue weighted by molar-refractivity contribution is 5.66. The molecule has 4 aromatic rings. The Morgan fingerprint density at radius 1 is 0.462 bits per heavy atom. The van der Waals surface area contributed by atoms with Gasteiger partial charge in [-0.1, -0.05) is 54.6 Å². The third-order valence-corrected chi connectivity index (χ3v) is 3.90. The van der Waals surface area contributed by atoms with Crippen molar-refractivity contribution >= 4 is 0 Å². The van der Waals surface area contributed by atoms with Crippen LogP contribution in [-0.2, 0) is 0 Å². The first-order valence-corrected chi connectivity index (χ1v) is 8.03. The van der Waals surface area contributed by atoms with Crippen molar-refractivity contribution in [2.45, 2.75) is 0 Å². The largest absolute Gasteiger partial charge is 0.208 e. The standard InChI is InChI=1S/C21H13F2N3/c22-17-12-6-4-10-15(17)20-24-19(14-8-2-1-3-9-14)25-21(26-20)16-11-5-7-13-18(16)23/h1-13H. The van der Waals surface area contributed by atoms with Crippen LogP contribution < -0.4 is 0 Å². The van der Waals surface area contributed by atoms with Crippen molar-refractivity contribution in [2.24, 2.45) is 0 Å². The molecule has 3 aromatic carbocycles. The van der Waals surface area contributed by atoms with Gasteiger partial charge >= 0.3 is 0 Å². The van der Waals surface area contributed by atoms with Gasteiger partial charge in [0, 0.05) is 5.56 Å². The van der Waals surface area contributed by atoms with Gasteiger partial charge in [-0.2, -0.15) is 0 Å². The van der Waals surface area contributed by atoms with Gasteiger partial charge in [0.15, 0.2) is 17.5 Å². The first-order chi connectivity index (χ1) is 12.7. The molecule has 0 N–H and O–H groups in total. The minimum atomic E-state index is -0.447. The molecule has 0 aliphatic rings. The molecule has 0 bridgehead atoms. The molecular formula is C21H13F2N3. The number of benzene rings is 3. The van der Waals surface area contributed by atoms with Crippen molar-refractivity contribution in [1.29, 1.82) is 0 Å². The summed E-state index contributed by atoms with van der Waals surface area (Å²) in [5, 5.41) is 0. The molecule has 1 heterocycles. The summed E-state index contributed by atoms with van der Waals surface area (Å²) in [4.78, 5) is 13.1. The van der Waals surface area contributed by atoms with E-state index < -0.39 is 11.6 Å². The Morgan fingerprint density at radius 2 is 0.885 bits per heavy atom. The van der Waals surface area contributed by atoms with Crippen LogP contribution in [0.25, 0.3) is 34.2 Å². The van der Waals surface area contributed by atoms with Crippen LogP contribution >= 0.6 is 0 Å². The lowest BCUT2D eigenvalue weighted by Crippen LogP contribution is -2.02. The van der Waals surface area contributed by atoms with Crippen molar-refractivity contribution < 1.29 is 8.78 Å². The third kappa shape index (κ3) is 3.07. The Balaban J connectivity index is 1.97. The summed E-state index contributed by atoms with van der Waals surface area (Å²) >= 11 is 0. The maximum absolute atomic E-state index is 14.2. The van der Waals surface area contributed by atoms with E-state index in [-0.39, 0.29) is 22.8 Å². The van der Waals surface area contributed by atoms with Gasteiger partial charge in [-0.25, -0.2) is 23.7 Å². The van der Waals surface area contributed by atoms with E-state index in [1.807, 2.05) is 30.3 Å². The fraction of sp³-hybridized carbons (Fsp3) is 0. The number of halogens is 2. The van der Waals surface area contributed by atoms with E-state index >= 15 is 0 Å². The molecule has 4 rings (SSSR count). The van der Waals surface area contributed by atoms with E-state index in [0.717, 1.165) is 5.56 Å². The van der Waals surface area contributed by atoms with Crippen LogP contribution in [0.1, 0.15) is 0 Å². The maximum atomic E-state index is 14.2. The SMILES string of the molecule is Fc1ccccc1-c1nc(-c2ccccc2)nc(-c2ccccc2F)n1. The fourth-order valence-corrected chi connectivity index (χ4v) is 2.62.